The molecule has 0 aromatic heterocycles. The zero-order chi connectivity index (χ0) is 12.8. The second-order valence-corrected chi connectivity index (χ2v) is 4.10. The lowest BCUT2D eigenvalue weighted by Gasteiger charge is -2.21. The van der Waals surface area contributed by atoms with E-state index in [2.05, 4.69) is 0 Å². The molecule has 0 fully saturated rings. The number of nitrogens with zero attached hydrogens (tertiary/aromatic N) is 1. The minimum absolute atomic E-state index is 0.0638. The molecule has 1 amide bonds. The van der Waals surface area contributed by atoms with Crippen LogP contribution in [0.15, 0.2) is 18.2 Å². The van der Waals surface area contributed by atoms with Gasteiger partial charge in [0.15, 0.2) is 0 Å². The van der Waals surface area contributed by atoms with Crippen molar-refractivity contribution in [3.05, 3.63) is 28.8 Å². The van der Waals surface area contributed by atoms with Crippen molar-refractivity contribution < 1.29 is 9.90 Å². The predicted molar refractivity (Wildman–Crippen MR) is 69.1 cm³/mol. The van der Waals surface area contributed by atoms with Gasteiger partial charge in [-0.3, -0.25) is 4.79 Å². The van der Waals surface area contributed by atoms with Crippen molar-refractivity contribution >= 4 is 23.2 Å². The molecule has 0 spiro atoms. The summed E-state index contributed by atoms with van der Waals surface area (Å²) in [6.45, 7) is 2.80. The van der Waals surface area contributed by atoms with E-state index in [9.17, 15) is 4.79 Å². The van der Waals surface area contributed by atoms with Gasteiger partial charge in [-0.1, -0.05) is 24.6 Å². The van der Waals surface area contributed by atoms with E-state index >= 15 is 0 Å². The SMILES string of the molecule is CCCN(CCO)C(=O)c1cccc(N)c1Cl. The number of nitrogen functional groups attached to an aromatic ring is 1. The Hall–Kier alpha value is -1.26. The summed E-state index contributed by atoms with van der Waals surface area (Å²) in [5.41, 5.74) is 6.42. The Kier molecular flexibility index (Phi) is 5.25. The van der Waals surface area contributed by atoms with Crippen LogP contribution in [0.2, 0.25) is 5.02 Å². The van der Waals surface area contributed by atoms with Crippen molar-refractivity contribution in [2.75, 3.05) is 25.4 Å². The normalized spacial score (nSPS) is 10.3. The Bertz CT molecular complexity index is 390. The average Bonchev–Trinajstić information content (AvgIpc) is 2.31. The molecule has 0 heterocycles. The summed E-state index contributed by atoms with van der Waals surface area (Å²) in [4.78, 5) is 13.7. The lowest BCUT2D eigenvalue weighted by molar-refractivity contribution is 0.0722. The number of nitrogens with two attached hydrogens (primary N) is 1. The summed E-state index contributed by atoms with van der Waals surface area (Å²) in [5.74, 6) is -0.196. The molecule has 0 aliphatic carbocycles. The number of benzene rings is 1. The van der Waals surface area contributed by atoms with Crippen molar-refractivity contribution in [1.29, 1.82) is 0 Å². The number of aliphatic hydroxyl groups is 1. The van der Waals surface area contributed by atoms with Crippen LogP contribution in [0, 0.1) is 0 Å². The van der Waals surface area contributed by atoms with Gasteiger partial charge in [-0.25, -0.2) is 0 Å². The third-order valence-corrected chi connectivity index (χ3v) is 2.83. The van der Waals surface area contributed by atoms with Crippen molar-refractivity contribution in [1.82, 2.24) is 4.90 Å². The number of hydrogen-bond acceptors (Lipinski definition) is 3. The molecule has 0 bridgehead atoms. The predicted octanol–water partition coefficient (Wildman–Crippen LogP) is 1.77. The minimum atomic E-state index is -0.196. The van der Waals surface area contributed by atoms with Crippen LogP contribution in [0.3, 0.4) is 0 Å². The first-order valence-corrected chi connectivity index (χ1v) is 5.93. The molecule has 1 rings (SSSR count). The first-order valence-electron chi connectivity index (χ1n) is 5.56. The van der Waals surface area contributed by atoms with Crippen LogP contribution in [-0.4, -0.2) is 35.6 Å². The number of aliphatic hydroxyl groups excluding tert-OH is 1. The van der Waals surface area contributed by atoms with E-state index in [0.717, 1.165) is 6.42 Å². The van der Waals surface area contributed by atoms with E-state index in [4.69, 9.17) is 22.4 Å². The highest BCUT2D eigenvalue weighted by molar-refractivity contribution is 6.36. The number of rotatable bonds is 5. The summed E-state index contributed by atoms with van der Waals surface area (Å²) in [6, 6.07) is 4.98. The molecule has 0 unspecified atom stereocenters. The van der Waals surface area contributed by atoms with Gasteiger partial charge >= 0.3 is 0 Å². The monoisotopic (exact) mass is 256 g/mol. The van der Waals surface area contributed by atoms with Crippen molar-refractivity contribution in [3.63, 3.8) is 0 Å². The maximum absolute atomic E-state index is 12.2. The second-order valence-electron chi connectivity index (χ2n) is 3.72. The van der Waals surface area contributed by atoms with Crippen molar-refractivity contribution in [2.45, 2.75) is 13.3 Å². The summed E-state index contributed by atoms with van der Waals surface area (Å²) in [5, 5.41) is 9.21. The van der Waals surface area contributed by atoms with Crippen LogP contribution < -0.4 is 5.73 Å². The lowest BCUT2D eigenvalue weighted by atomic mass is 10.1. The maximum atomic E-state index is 12.2. The summed E-state index contributed by atoms with van der Waals surface area (Å²) in [7, 11) is 0. The van der Waals surface area contributed by atoms with Crippen LogP contribution in [0.25, 0.3) is 0 Å². The van der Waals surface area contributed by atoms with Crippen molar-refractivity contribution in [3.8, 4) is 0 Å². The second kappa shape index (κ2) is 6.47. The van der Waals surface area contributed by atoms with E-state index in [1.54, 1.807) is 23.1 Å². The van der Waals surface area contributed by atoms with Gasteiger partial charge in [0, 0.05) is 13.1 Å². The van der Waals surface area contributed by atoms with Crippen molar-refractivity contribution in [2.24, 2.45) is 0 Å². The Labute approximate surface area is 106 Å². The number of halogens is 1. The van der Waals surface area contributed by atoms with Crippen LogP contribution in [0.5, 0.6) is 0 Å². The highest BCUT2D eigenvalue weighted by Gasteiger charge is 2.18. The zero-order valence-corrected chi connectivity index (χ0v) is 10.6. The molecule has 0 radical (unpaired) electrons. The Morgan fingerprint density at radius 1 is 1.47 bits per heavy atom. The van der Waals surface area contributed by atoms with E-state index in [0.29, 0.717) is 24.3 Å². The van der Waals surface area contributed by atoms with Gasteiger partial charge in [0.05, 0.1) is 22.9 Å². The van der Waals surface area contributed by atoms with Gasteiger partial charge in [-0.05, 0) is 18.6 Å². The first-order chi connectivity index (χ1) is 8.11. The zero-order valence-electron chi connectivity index (χ0n) is 9.82. The van der Waals surface area contributed by atoms with Gasteiger partial charge in [0.1, 0.15) is 0 Å². The Morgan fingerprint density at radius 2 is 2.18 bits per heavy atom. The third-order valence-electron chi connectivity index (χ3n) is 2.41. The summed E-state index contributed by atoms with van der Waals surface area (Å²) in [6.07, 6.45) is 0.825. The van der Waals surface area contributed by atoms with Crippen LogP contribution in [0.1, 0.15) is 23.7 Å². The average molecular weight is 257 g/mol. The highest BCUT2D eigenvalue weighted by atomic mass is 35.5. The quantitative estimate of drug-likeness (QED) is 0.789. The largest absolute Gasteiger partial charge is 0.398 e. The molecule has 4 nitrogen and oxygen atoms in total. The molecule has 0 saturated carbocycles. The molecule has 1 aromatic carbocycles. The molecule has 17 heavy (non-hydrogen) atoms. The Morgan fingerprint density at radius 3 is 2.76 bits per heavy atom. The summed E-state index contributed by atoms with van der Waals surface area (Å²) >= 11 is 6.00. The fraction of sp³-hybridized carbons (Fsp3) is 0.417. The molecule has 0 aliphatic rings. The smallest absolute Gasteiger partial charge is 0.255 e. The van der Waals surface area contributed by atoms with Gasteiger partial charge in [0.2, 0.25) is 0 Å². The number of hydrogen-bond donors (Lipinski definition) is 2. The van der Waals surface area contributed by atoms with Gasteiger partial charge in [-0.15, -0.1) is 0 Å². The number of amides is 1. The fourth-order valence-electron chi connectivity index (χ4n) is 1.59. The van der Waals surface area contributed by atoms with Crippen LogP contribution in [-0.2, 0) is 0 Å². The van der Waals surface area contributed by atoms with E-state index < -0.39 is 0 Å². The lowest BCUT2D eigenvalue weighted by Crippen LogP contribution is -2.34. The molecule has 0 atom stereocenters. The van der Waals surface area contributed by atoms with E-state index in [-0.39, 0.29) is 17.5 Å². The van der Waals surface area contributed by atoms with E-state index in [1.807, 2.05) is 6.92 Å². The summed E-state index contributed by atoms with van der Waals surface area (Å²) < 4.78 is 0. The molecular formula is C12H17ClN2O2. The number of anilines is 1. The number of carbonyl (C=O) groups excluding carboxylic acids is 1. The highest BCUT2D eigenvalue weighted by Crippen LogP contribution is 2.24. The van der Waals surface area contributed by atoms with Gasteiger partial charge in [-0.2, -0.15) is 0 Å². The molecule has 0 aliphatic heterocycles. The molecule has 0 saturated heterocycles. The standard InChI is InChI=1S/C12H17ClN2O2/c1-2-6-15(7-8-16)12(17)9-4-3-5-10(14)11(9)13/h3-5,16H,2,6-8,14H2,1H3. The van der Waals surface area contributed by atoms with Gasteiger partial charge < -0.3 is 15.7 Å². The van der Waals surface area contributed by atoms with E-state index in [1.165, 1.54) is 0 Å². The van der Waals surface area contributed by atoms with Gasteiger partial charge in [0.25, 0.3) is 5.91 Å². The molecule has 94 valence electrons. The fourth-order valence-corrected chi connectivity index (χ4v) is 1.80. The molecule has 5 heteroatoms. The maximum Gasteiger partial charge on any atom is 0.255 e. The molecular weight excluding hydrogens is 240 g/mol. The molecule has 3 N–H and O–H groups in total. The third kappa shape index (κ3) is 3.35. The number of carbonyl (C=O) groups is 1. The topological polar surface area (TPSA) is 66.6 Å². The first kappa shape index (κ1) is 13.8. The van der Waals surface area contributed by atoms with Crippen LogP contribution >= 0.6 is 11.6 Å². The Balaban J connectivity index is 2.96. The molecule has 1 aromatic rings. The van der Waals surface area contributed by atoms with Crippen LogP contribution in [0.4, 0.5) is 5.69 Å². The minimum Gasteiger partial charge on any atom is -0.398 e.